The number of carboxylic acids is 2. The number of halogens is 8. The average molecular weight is 1170 g/mol. The maximum Gasteiger partial charge on any atom is 0.434 e. The van der Waals surface area contributed by atoms with Gasteiger partial charge in [-0.1, -0.05) is 23.2 Å². The lowest BCUT2D eigenvalue weighted by Crippen LogP contribution is -2.35. The SMILES string of the molecule is CC(C)OC(=O)c1cc(-c2nn(C)c(C(F)(F)F)c2Br)c(F)cc1Cl.COc1nc(C)nc(NC(=O)NS(=O)(=O)c2cc(I)ccc2C(=O)O)n1.O=C(O)COc1ccc(Cl)c2cccnc12. The minimum atomic E-state index is -4.69. The van der Waals surface area contributed by atoms with E-state index in [4.69, 9.17) is 47.6 Å². The van der Waals surface area contributed by atoms with Crippen LogP contribution < -0.4 is 19.5 Å². The van der Waals surface area contributed by atoms with E-state index in [1.165, 1.54) is 20.1 Å². The molecule has 0 aliphatic rings. The van der Waals surface area contributed by atoms with Crippen LogP contribution in [-0.2, 0) is 32.8 Å². The average Bonchev–Trinajstić information content (AvgIpc) is 3.53. The smallest absolute Gasteiger partial charge is 0.434 e. The normalized spacial score (nSPS) is 11.1. The number of nitrogens with zero attached hydrogens (tertiary/aromatic N) is 6. The van der Waals surface area contributed by atoms with E-state index in [1.807, 2.05) is 22.6 Å². The predicted octanol–water partition coefficient (Wildman–Crippen LogP) is 8.58. The summed E-state index contributed by atoms with van der Waals surface area (Å²) in [6.45, 7) is 4.35. The van der Waals surface area contributed by atoms with Gasteiger partial charge in [0.2, 0.25) is 5.95 Å². The second kappa shape index (κ2) is 22.7. The number of alkyl halides is 3. The number of methoxy groups -OCH3 is 1. The van der Waals surface area contributed by atoms with E-state index >= 15 is 0 Å². The molecule has 0 saturated carbocycles. The highest BCUT2D eigenvalue weighted by atomic mass is 127. The number of amides is 2. The molecule has 0 aliphatic heterocycles. The number of aromatic carboxylic acids is 1. The summed E-state index contributed by atoms with van der Waals surface area (Å²) in [6.07, 6.45) is -3.54. The van der Waals surface area contributed by atoms with Crippen molar-refractivity contribution in [2.75, 3.05) is 19.0 Å². The van der Waals surface area contributed by atoms with Gasteiger partial charge in [-0.25, -0.2) is 36.7 Å². The molecule has 6 aromatic rings. The molecular formula is C39H32BrCl2F4IN8O11S. The third-order valence-electron chi connectivity index (χ3n) is 7.99. The van der Waals surface area contributed by atoms with Gasteiger partial charge in [0.15, 0.2) is 12.3 Å². The van der Waals surface area contributed by atoms with Gasteiger partial charge < -0.3 is 24.4 Å². The zero-order chi connectivity index (χ0) is 50.1. The van der Waals surface area contributed by atoms with Crippen molar-refractivity contribution in [1.29, 1.82) is 0 Å². The van der Waals surface area contributed by atoms with Crippen LogP contribution in [0.5, 0.6) is 11.8 Å². The molecule has 19 nitrogen and oxygen atoms in total. The van der Waals surface area contributed by atoms with Gasteiger partial charge in [0, 0.05) is 27.8 Å². The summed E-state index contributed by atoms with van der Waals surface area (Å²) in [5.74, 6) is -3.78. The number of aliphatic carboxylic acids is 1. The van der Waals surface area contributed by atoms with Crippen LogP contribution in [0, 0.1) is 16.3 Å². The first-order valence-corrected chi connectivity index (χ1v) is 22.4. The number of rotatable bonds is 11. The molecule has 0 fully saturated rings. The fourth-order valence-electron chi connectivity index (χ4n) is 5.31. The fraction of sp³-hybridized carbons (Fsp3) is 0.205. The lowest BCUT2D eigenvalue weighted by atomic mass is 10.1. The monoisotopic (exact) mass is 1170 g/mol. The van der Waals surface area contributed by atoms with Crippen LogP contribution in [0.3, 0.4) is 0 Å². The van der Waals surface area contributed by atoms with Crippen LogP contribution in [0.15, 0.2) is 70.2 Å². The third-order valence-corrected chi connectivity index (χ3v) is 11.4. The quantitative estimate of drug-likeness (QED) is 0.0537. The van der Waals surface area contributed by atoms with E-state index < -0.39 is 79.3 Å². The molecular weight excluding hydrogens is 1140 g/mol. The Bertz CT molecular complexity index is 2990. The molecule has 356 valence electrons. The Morgan fingerprint density at radius 3 is 2.27 bits per heavy atom. The van der Waals surface area contributed by atoms with E-state index in [0.29, 0.717) is 24.5 Å². The Morgan fingerprint density at radius 1 is 0.985 bits per heavy atom. The van der Waals surface area contributed by atoms with Gasteiger partial charge in [0.25, 0.3) is 10.0 Å². The highest BCUT2D eigenvalue weighted by molar-refractivity contribution is 14.1. The molecule has 0 bridgehead atoms. The van der Waals surface area contributed by atoms with Crippen molar-refractivity contribution in [3.8, 4) is 23.0 Å². The Morgan fingerprint density at radius 2 is 1.67 bits per heavy atom. The number of anilines is 1. The number of pyridine rings is 1. The zero-order valence-electron chi connectivity index (χ0n) is 34.7. The number of carbonyl (C=O) groups excluding carboxylic acids is 2. The highest BCUT2D eigenvalue weighted by Crippen LogP contribution is 2.41. The molecule has 0 atom stereocenters. The summed E-state index contributed by atoms with van der Waals surface area (Å²) < 4.78 is 95.5. The van der Waals surface area contributed by atoms with E-state index in [1.54, 1.807) is 49.0 Å². The van der Waals surface area contributed by atoms with E-state index in [2.05, 4.69) is 46.3 Å². The van der Waals surface area contributed by atoms with Gasteiger partial charge in [-0.05, 0) is 114 Å². The van der Waals surface area contributed by atoms with E-state index in [0.717, 1.165) is 36.7 Å². The van der Waals surface area contributed by atoms with Crippen molar-refractivity contribution in [3.63, 3.8) is 0 Å². The number of carbonyl (C=O) groups is 4. The largest absolute Gasteiger partial charge is 0.480 e. The number of hydrogen-bond acceptors (Lipinski definition) is 14. The van der Waals surface area contributed by atoms with Crippen molar-refractivity contribution >= 4 is 113 Å². The van der Waals surface area contributed by atoms with Crippen molar-refractivity contribution in [2.24, 2.45) is 7.05 Å². The summed E-state index contributed by atoms with van der Waals surface area (Å²) >= 11 is 16.5. The molecule has 4 N–H and O–H groups in total. The van der Waals surface area contributed by atoms with Gasteiger partial charge in [-0.2, -0.15) is 33.2 Å². The van der Waals surface area contributed by atoms with Gasteiger partial charge in [-0.3, -0.25) is 15.0 Å². The predicted molar refractivity (Wildman–Crippen MR) is 243 cm³/mol. The number of carboxylic acid groups (broad SMARTS) is 2. The summed E-state index contributed by atoms with van der Waals surface area (Å²) in [4.78, 5) is 60.6. The van der Waals surface area contributed by atoms with Crippen LogP contribution in [0.1, 0.15) is 46.1 Å². The Hall–Kier alpha value is -5.97. The molecule has 0 unspecified atom stereocenters. The molecule has 3 aromatic heterocycles. The van der Waals surface area contributed by atoms with Crippen LogP contribution in [0.25, 0.3) is 22.2 Å². The Balaban J connectivity index is 0.000000226. The van der Waals surface area contributed by atoms with E-state index in [-0.39, 0.29) is 39.6 Å². The number of aryl methyl sites for hydroxylation is 2. The highest BCUT2D eigenvalue weighted by Gasteiger charge is 2.39. The van der Waals surface area contributed by atoms with Crippen LogP contribution in [0.2, 0.25) is 10.0 Å². The third kappa shape index (κ3) is 14.3. The number of urea groups is 1. The van der Waals surface area contributed by atoms with Crippen molar-refractivity contribution in [1.82, 2.24) is 34.4 Å². The molecule has 2 amide bonds. The zero-order valence-corrected chi connectivity index (χ0v) is 40.8. The Labute approximate surface area is 408 Å². The molecule has 3 aromatic carbocycles. The number of hydrogen-bond donors (Lipinski definition) is 4. The molecule has 0 aliphatic carbocycles. The second-order valence-electron chi connectivity index (χ2n) is 13.2. The van der Waals surface area contributed by atoms with E-state index in [9.17, 15) is 45.2 Å². The number of ether oxygens (including phenoxy) is 3. The lowest BCUT2D eigenvalue weighted by Gasteiger charge is -2.11. The molecule has 0 radical (unpaired) electrons. The standard InChI is InChI=1S/C15H12BrClF4N2O2.C13H12IN5O6S.C11H8ClNO3/c1-6(2)25-14(24)7-4-8(10(18)5-9(7)17)12-11(16)13(15(19,20)21)23(3)22-12;1-6-15-11(18-13(16-6)25-2)17-12(22)19-26(23,24)9-5-7(14)3-4-8(9)10(20)21;12-8-3-4-9(16-6-10(14)15)11-7(8)2-1-5-13-11/h4-6H,1-3H3;3-5H,1-2H3,(H,20,21)(H2,15,16,17,18,19,22);1-5H,6H2,(H,14,15). The first kappa shape index (κ1) is 53.6. The minimum Gasteiger partial charge on any atom is -0.480 e. The van der Waals surface area contributed by atoms with Crippen LogP contribution >= 0.6 is 61.7 Å². The van der Waals surface area contributed by atoms with Crippen LogP contribution in [0.4, 0.5) is 28.3 Å². The number of sulfonamides is 1. The van der Waals surface area contributed by atoms with Crippen molar-refractivity contribution < 1.29 is 69.6 Å². The Kier molecular flexibility index (Phi) is 18.2. The van der Waals surface area contributed by atoms with Crippen molar-refractivity contribution in [3.05, 3.63) is 107 Å². The number of benzene rings is 3. The first-order valence-electron chi connectivity index (χ1n) is 18.2. The van der Waals surface area contributed by atoms with Crippen molar-refractivity contribution in [2.45, 2.75) is 37.9 Å². The number of esters is 1. The summed E-state index contributed by atoms with van der Waals surface area (Å²) in [5.41, 5.74) is -1.76. The second-order valence-corrected chi connectivity index (χ2v) is 17.7. The molecule has 0 saturated heterocycles. The minimum absolute atomic E-state index is 0.0681. The topological polar surface area (TPSA) is 264 Å². The molecule has 0 spiro atoms. The van der Waals surface area contributed by atoms with Crippen LogP contribution in [-0.4, -0.2) is 92.1 Å². The first-order chi connectivity index (χ1) is 31.2. The maximum atomic E-state index is 14.3. The maximum absolute atomic E-state index is 14.3. The number of aromatic nitrogens is 6. The number of nitrogens with one attached hydrogen (secondary N) is 2. The van der Waals surface area contributed by atoms with Gasteiger partial charge in [-0.15, -0.1) is 0 Å². The number of fused-ring (bicyclic) bond motifs is 1. The summed E-state index contributed by atoms with van der Waals surface area (Å²) in [5, 5.41) is 24.6. The summed E-state index contributed by atoms with van der Waals surface area (Å²) in [6, 6.07) is 11.2. The van der Waals surface area contributed by atoms with Gasteiger partial charge in [0.1, 0.15) is 33.5 Å². The fourth-order valence-corrected chi connectivity index (χ4v) is 8.37. The molecule has 6 rings (SSSR count). The summed E-state index contributed by atoms with van der Waals surface area (Å²) in [7, 11) is -2.06. The lowest BCUT2D eigenvalue weighted by molar-refractivity contribution is -0.144. The van der Waals surface area contributed by atoms with Gasteiger partial charge >= 0.3 is 36.1 Å². The molecule has 67 heavy (non-hydrogen) atoms. The van der Waals surface area contributed by atoms with Gasteiger partial charge in [0.05, 0.1) is 38.9 Å². The molecule has 28 heteroatoms. The molecule has 3 heterocycles.